The van der Waals surface area contributed by atoms with E-state index in [9.17, 15) is 0 Å². The molecule has 13 heavy (non-hydrogen) atoms. The summed E-state index contributed by atoms with van der Waals surface area (Å²) in [7, 11) is 1.80. The van der Waals surface area contributed by atoms with Gasteiger partial charge in [-0.3, -0.25) is 4.99 Å². The van der Waals surface area contributed by atoms with Crippen molar-refractivity contribution < 1.29 is 0 Å². The number of aromatic nitrogens is 1. The van der Waals surface area contributed by atoms with Gasteiger partial charge >= 0.3 is 0 Å². The average Bonchev–Trinajstić information content (AvgIpc) is 2.53. The molecule has 0 saturated heterocycles. The van der Waals surface area contributed by atoms with Crippen LogP contribution in [-0.2, 0) is 0 Å². The molecule has 0 spiro atoms. The Kier molecular flexibility index (Phi) is 3.01. The summed E-state index contributed by atoms with van der Waals surface area (Å²) in [6.07, 6.45) is 1.85. The van der Waals surface area contributed by atoms with Crippen molar-refractivity contribution in [3.05, 3.63) is 17.8 Å². The molecule has 0 aromatic carbocycles. The first-order valence-corrected chi connectivity index (χ1v) is 4.31. The number of H-pyrrole nitrogens is 1. The summed E-state index contributed by atoms with van der Waals surface area (Å²) < 4.78 is 0. The normalized spacial score (nSPS) is 12.2. The first-order chi connectivity index (χ1) is 6.20. The van der Waals surface area contributed by atoms with Crippen LogP contribution in [0.25, 0.3) is 0 Å². The third-order valence-corrected chi connectivity index (χ3v) is 1.95. The molecule has 0 radical (unpaired) electrons. The van der Waals surface area contributed by atoms with Gasteiger partial charge in [-0.25, -0.2) is 4.99 Å². The van der Waals surface area contributed by atoms with Gasteiger partial charge in [-0.2, -0.15) is 0 Å². The zero-order valence-corrected chi connectivity index (χ0v) is 8.33. The van der Waals surface area contributed by atoms with Crippen LogP contribution in [0.2, 0.25) is 0 Å². The fourth-order valence-electron chi connectivity index (χ4n) is 1.39. The molecule has 3 nitrogen and oxygen atoms in total. The minimum absolute atomic E-state index is 0.404. The number of hydrogen-bond donors (Lipinski definition) is 1. The first kappa shape index (κ1) is 9.71. The van der Waals surface area contributed by atoms with Crippen molar-refractivity contribution in [2.75, 3.05) is 7.05 Å². The van der Waals surface area contributed by atoms with E-state index in [4.69, 9.17) is 0 Å². The fraction of sp³-hybridized carbons (Fsp3) is 0.400. The highest BCUT2D eigenvalue weighted by Crippen LogP contribution is 2.20. The predicted molar refractivity (Wildman–Crippen MR) is 57.3 cm³/mol. The third-order valence-electron chi connectivity index (χ3n) is 1.95. The van der Waals surface area contributed by atoms with Crippen molar-refractivity contribution in [2.24, 2.45) is 15.9 Å². The van der Waals surface area contributed by atoms with Crippen LogP contribution < -0.4 is 0 Å². The smallest absolute Gasteiger partial charge is 0.138 e. The molecular formula is C10H15N3. The number of rotatable bonds is 3. The van der Waals surface area contributed by atoms with Gasteiger partial charge in [0.25, 0.3) is 0 Å². The van der Waals surface area contributed by atoms with Gasteiger partial charge in [0.05, 0.1) is 0 Å². The summed E-state index contributed by atoms with van der Waals surface area (Å²) in [4.78, 5) is 11.2. The van der Waals surface area contributed by atoms with Crippen molar-refractivity contribution >= 4 is 18.2 Å². The molecule has 0 aliphatic carbocycles. The maximum absolute atomic E-state index is 4.25. The van der Waals surface area contributed by atoms with Gasteiger partial charge in [0, 0.05) is 24.5 Å². The Morgan fingerprint density at radius 3 is 2.69 bits per heavy atom. The second kappa shape index (κ2) is 4.03. The second-order valence-corrected chi connectivity index (χ2v) is 3.16. The highest BCUT2D eigenvalue weighted by molar-refractivity contribution is 6.05. The third kappa shape index (κ3) is 1.86. The molecule has 0 bridgehead atoms. The van der Waals surface area contributed by atoms with Gasteiger partial charge in [0.1, 0.15) is 5.82 Å². The minimum atomic E-state index is 0.404. The van der Waals surface area contributed by atoms with E-state index in [1.54, 1.807) is 7.05 Å². The van der Waals surface area contributed by atoms with Crippen LogP contribution in [-0.4, -0.2) is 24.5 Å². The summed E-state index contributed by atoms with van der Waals surface area (Å²) in [5.74, 6) is 1.20. The second-order valence-electron chi connectivity index (χ2n) is 3.16. The zero-order chi connectivity index (χ0) is 9.84. The molecule has 0 atom stereocenters. The molecular weight excluding hydrogens is 162 g/mol. The predicted octanol–water partition coefficient (Wildman–Crippen LogP) is 2.42. The average molecular weight is 177 g/mol. The lowest BCUT2D eigenvalue weighted by Gasteiger charge is -2.07. The van der Waals surface area contributed by atoms with E-state index in [-0.39, 0.29) is 0 Å². The summed E-state index contributed by atoms with van der Waals surface area (Å²) in [6, 6.07) is 1.98. The van der Waals surface area contributed by atoms with Gasteiger partial charge < -0.3 is 4.98 Å². The fourth-order valence-corrected chi connectivity index (χ4v) is 1.39. The van der Waals surface area contributed by atoms with E-state index in [0.717, 1.165) is 17.1 Å². The summed E-state index contributed by atoms with van der Waals surface area (Å²) >= 11 is 0. The van der Waals surface area contributed by atoms with Gasteiger partial charge in [-0.1, -0.05) is 13.8 Å². The van der Waals surface area contributed by atoms with E-state index in [1.807, 2.05) is 12.3 Å². The number of nitrogens with one attached hydrogen (secondary N) is 1. The Bertz CT molecular complexity index is 321. The van der Waals surface area contributed by atoms with Crippen LogP contribution in [0.15, 0.2) is 22.2 Å². The summed E-state index contributed by atoms with van der Waals surface area (Å²) in [5, 5.41) is 0. The molecule has 0 aliphatic heterocycles. The highest BCUT2D eigenvalue weighted by Gasteiger charge is 2.11. The maximum Gasteiger partial charge on any atom is 0.138 e. The van der Waals surface area contributed by atoms with Crippen LogP contribution in [0.4, 0.5) is 5.82 Å². The zero-order valence-electron chi connectivity index (χ0n) is 8.33. The van der Waals surface area contributed by atoms with Gasteiger partial charge in [-0.05, 0) is 18.7 Å². The quantitative estimate of drug-likeness (QED) is 0.689. The topological polar surface area (TPSA) is 40.5 Å². The monoisotopic (exact) mass is 177 g/mol. The molecule has 1 aromatic rings. The molecule has 0 amide bonds. The van der Waals surface area contributed by atoms with Crippen LogP contribution >= 0.6 is 0 Å². The van der Waals surface area contributed by atoms with Crippen LogP contribution in [0.1, 0.15) is 19.4 Å². The Labute approximate surface area is 78.6 Å². The largest absolute Gasteiger partial charge is 0.346 e. The van der Waals surface area contributed by atoms with Crippen molar-refractivity contribution in [1.82, 2.24) is 4.98 Å². The van der Waals surface area contributed by atoms with Crippen LogP contribution in [0, 0.1) is 5.92 Å². The lowest BCUT2D eigenvalue weighted by molar-refractivity contribution is 0.882. The summed E-state index contributed by atoms with van der Waals surface area (Å²) in [6.45, 7) is 7.73. The van der Waals surface area contributed by atoms with E-state index < -0.39 is 0 Å². The lowest BCUT2D eigenvalue weighted by Crippen LogP contribution is -2.08. The summed E-state index contributed by atoms with van der Waals surface area (Å²) in [5.41, 5.74) is 2.11. The first-order valence-electron chi connectivity index (χ1n) is 4.31. The molecule has 1 N–H and O–H groups in total. The lowest BCUT2D eigenvalue weighted by atomic mass is 10.0. The van der Waals surface area contributed by atoms with E-state index in [0.29, 0.717) is 5.92 Å². The molecule has 0 fully saturated rings. The Morgan fingerprint density at radius 2 is 2.23 bits per heavy atom. The SMILES string of the molecule is C=Nc1[nH]ccc1C(=NC)C(C)C. The molecule has 0 saturated carbocycles. The standard InChI is InChI=1S/C10H15N3/c1-7(2)9(11-3)8-5-6-13-10(8)12-4/h5-7,13H,4H2,1-3H3. The Morgan fingerprint density at radius 1 is 1.54 bits per heavy atom. The van der Waals surface area contributed by atoms with Gasteiger partial charge in [0.2, 0.25) is 0 Å². The minimum Gasteiger partial charge on any atom is -0.346 e. The van der Waals surface area contributed by atoms with Crippen LogP contribution in [0.3, 0.4) is 0 Å². The van der Waals surface area contributed by atoms with E-state index >= 15 is 0 Å². The molecule has 1 heterocycles. The van der Waals surface area contributed by atoms with Gasteiger partial charge in [0.15, 0.2) is 0 Å². The maximum atomic E-state index is 4.25. The molecule has 0 unspecified atom stereocenters. The number of hydrogen-bond acceptors (Lipinski definition) is 2. The van der Waals surface area contributed by atoms with Crippen LogP contribution in [0.5, 0.6) is 0 Å². The Hall–Kier alpha value is -1.38. The molecule has 0 aliphatic rings. The molecule has 1 rings (SSSR count). The molecule has 3 heteroatoms. The van der Waals surface area contributed by atoms with Gasteiger partial charge in [-0.15, -0.1) is 0 Å². The van der Waals surface area contributed by atoms with Crippen molar-refractivity contribution in [3.63, 3.8) is 0 Å². The molecule has 70 valence electrons. The van der Waals surface area contributed by atoms with E-state index in [1.165, 1.54) is 0 Å². The number of aromatic amines is 1. The van der Waals surface area contributed by atoms with E-state index in [2.05, 4.69) is 35.5 Å². The van der Waals surface area contributed by atoms with Crippen molar-refractivity contribution in [1.29, 1.82) is 0 Å². The number of nitrogens with zero attached hydrogens (tertiary/aromatic N) is 2. The highest BCUT2D eigenvalue weighted by atomic mass is 14.9. The van der Waals surface area contributed by atoms with Crippen molar-refractivity contribution in [3.8, 4) is 0 Å². The number of aliphatic imine (C=N–C) groups is 2. The molecule has 1 aromatic heterocycles. The van der Waals surface area contributed by atoms with Crippen molar-refractivity contribution in [2.45, 2.75) is 13.8 Å². The Balaban J connectivity index is 3.12.